The summed E-state index contributed by atoms with van der Waals surface area (Å²) in [6.07, 6.45) is 1.44. The third-order valence-electron chi connectivity index (χ3n) is 3.07. The van der Waals surface area contributed by atoms with Crippen LogP contribution in [0.4, 0.5) is 11.4 Å². The average molecular weight is 368 g/mol. The Hall–Kier alpha value is -3.14. The van der Waals surface area contributed by atoms with Crippen LogP contribution in [-0.2, 0) is 11.8 Å². The Morgan fingerprint density at radius 1 is 1.44 bits per heavy atom. The number of benzene rings is 1. The lowest BCUT2D eigenvalue weighted by Crippen LogP contribution is -2.33. The quantitative estimate of drug-likeness (QED) is 0.586. The Balaban J connectivity index is 2.03. The molecule has 1 aromatic heterocycles. The van der Waals surface area contributed by atoms with Crippen molar-refractivity contribution in [2.45, 2.75) is 0 Å². The van der Waals surface area contributed by atoms with Crippen molar-refractivity contribution in [3.8, 4) is 5.88 Å². The van der Waals surface area contributed by atoms with E-state index >= 15 is 0 Å². The van der Waals surface area contributed by atoms with Crippen LogP contribution >= 0.6 is 11.6 Å². The maximum atomic E-state index is 12.1. The lowest BCUT2D eigenvalue weighted by Gasteiger charge is -2.07. The summed E-state index contributed by atoms with van der Waals surface area (Å²) >= 11 is 5.78. The molecule has 0 saturated heterocycles. The average Bonchev–Trinajstić information content (AvgIpc) is 2.93. The lowest BCUT2D eigenvalue weighted by atomic mass is 10.2. The van der Waals surface area contributed by atoms with Gasteiger partial charge in [0.1, 0.15) is 11.3 Å². The molecule has 2 amide bonds. The number of hydrogen-bond donors (Lipinski definition) is 2. The first-order chi connectivity index (χ1) is 11.8. The van der Waals surface area contributed by atoms with Crippen molar-refractivity contribution in [1.82, 2.24) is 15.1 Å². The number of nitrogens with zero attached hydrogens (tertiary/aromatic N) is 3. The summed E-state index contributed by atoms with van der Waals surface area (Å²) in [5.74, 6) is -1.10. The van der Waals surface area contributed by atoms with Gasteiger partial charge in [-0.2, -0.15) is 0 Å². The van der Waals surface area contributed by atoms with Crippen LogP contribution in [0.5, 0.6) is 5.88 Å². The molecule has 0 unspecified atom stereocenters. The van der Waals surface area contributed by atoms with Crippen molar-refractivity contribution < 1.29 is 19.2 Å². The van der Waals surface area contributed by atoms with E-state index in [2.05, 4.69) is 15.7 Å². The number of hydrogen-bond acceptors (Lipinski definition) is 6. The molecule has 1 heterocycles. The first kappa shape index (κ1) is 18.2. The minimum atomic E-state index is -0.651. The van der Waals surface area contributed by atoms with Crippen LogP contribution in [-0.4, -0.2) is 40.2 Å². The van der Waals surface area contributed by atoms with E-state index in [1.54, 1.807) is 7.05 Å². The number of ether oxygens (including phenoxy) is 1. The third kappa shape index (κ3) is 4.44. The first-order valence-electron chi connectivity index (χ1n) is 6.91. The summed E-state index contributed by atoms with van der Waals surface area (Å²) in [6, 6.07) is 3.77. The van der Waals surface area contributed by atoms with Gasteiger partial charge in [-0.05, 0) is 12.1 Å². The monoisotopic (exact) mass is 367 g/mol. The number of aromatic nitrogens is 2. The number of carbonyl (C=O) groups is 2. The number of nitro groups is 1. The summed E-state index contributed by atoms with van der Waals surface area (Å²) < 4.78 is 6.35. The number of carbonyl (C=O) groups excluding carboxylic acids is 2. The predicted molar refractivity (Wildman–Crippen MR) is 88.8 cm³/mol. The molecule has 2 rings (SSSR count). The largest absolute Gasteiger partial charge is 0.479 e. The molecule has 132 valence electrons. The third-order valence-corrected chi connectivity index (χ3v) is 3.31. The second-order valence-electron chi connectivity index (χ2n) is 4.88. The van der Waals surface area contributed by atoms with Crippen LogP contribution in [0, 0.1) is 10.1 Å². The van der Waals surface area contributed by atoms with Gasteiger partial charge in [0, 0.05) is 24.3 Å². The zero-order valence-corrected chi connectivity index (χ0v) is 14.0. The normalized spacial score (nSPS) is 10.2. The van der Waals surface area contributed by atoms with Crippen molar-refractivity contribution in [1.29, 1.82) is 0 Å². The van der Waals surface area contributed by atoms with Crippen molar-refractivity contribution in [2.24, 2.45) is 7.05 Å². The Morgan fingerprint density at radius 3 is 2.80 bits per heavy atom. The Kier molecular flexibility index (Phi) is 5.55. The fourth-order valence-corrected chi connectivity index (χ4v) is 2.16. The number of amides is 2. The van der Waals surface area contributed by atoms with E-state index in [-0.39, 0.29) is 27.8 Å². The number of halogens is 1. The van der Waals surface area contributed by atoms with E-state index in [9.17, 15) is 19.7 Å². The van der Waals surface area contributed by atoms with Crippen LogP contribution in [0.3, 0.4) is 0 Å². The molecule has 25 heavy (non-hydrogen) atoms. The topological polar surface area (TPSA) is 128 Å². The van der Waals surface area contributed by atoms with E-state index in [1.165, 1.54) is 36.2 Å². The molecular formula is C14H14ClN5O5. The molecule has 0 aliphatic carbocycles. The van der Waals surface area contributed by atoms with Crippen LogP contribution < -0.4 is 15.4 Å². The first-order valence-corrected chi connectivity index (χ1v) is 7.29. The molecule has 10 nitrogen and oxygen atoms in total. The van der Waals surface area contributed by atoms with Gasteiger partial charge in [-0.25, -0.2) is 0 Å². The van der Waals surface area contributed by atoms with Gasteiger partial charge in [0.05, 0.1) is 18.6 Å². The van der Waals surface area contributed by atoms with Crippen LogP contribution in [0.1, 0.15) is 10.4 Å². The maximum Gasteiger partial charge on any atom is 0.292 e. The van der Waals surface area contributed by atoms with E-state index in [1.807, 2.05) is 0 Å². The van der Waals surface area contributed by atoms with Gasteiger partial charge in [-0.3, -0.25) is 24.4 Å². The van der Waals surface area contributed by atoms with Crippen molar-refractivity contribution >= 4 is 34.8 Å². The van der Waals surface area contributed by atoms with E-state index < -0.39 is 23.3 Å². The number of methoxy groups -OCH3 is 1. The fourth-order valence-electron chi connectivity index (χ4n) is 1.99. The van der Waals surface area contributed by atoms with Crippen molar-refractivity contribution in [3.05, 3.63) is 45.1 Å². The Labute approximate surface area is 146 Å². The van der Waals surface area contributed by atoms with Gasteiger partial charge in [0.2, 0.25) is 11.8 Å². The second-order valence-corrected chi connectivity index (χ2v) is 5.31. The fraction of sp³-hybridized carbons (Fsp3) is 0.214. The molecule has 2 aromatic rings. The summed E-state index contributed by atoms with van der Waals surface area (Å²) in [5.41, 5.74) is -0.208. The van der Waals surface area contributed by atoms with Gasteiger partial charge in [-0.1, -0.05) is 11.6 Å². The van der Waals surface area contributed by atoms with Crippen LogP contribution in [0.15, 0.2) is 24.4 Å². The highest BCUT2D eigenvalue weighted by Crippen LogP contribution is 2.27. The number of rotatable bonds is 6. The Bertz CT molecular complexity index is 835. The zero-order chi connectivity index (χ0) is 18.6. The van der Waals surface area contributed by atoms with Gasteiger partial charge in [0.25, 0.3) is 11.6 Å². The zero-order valence-electron chi connectivity index (χ0n) is 13.3. The molecule has 0 fully saturated rings. The molecular weight excluding hydrogens is 354 g/mol. The molecule has 0 aliphatic rings. The number of anilines is 1. The van der Waals surface area contributed by atoms with E-state index in [0.717, 1.165) is 0 Å². The summed E-state index contributed by atoms with van der Waals surface area (Å²) in [5, 5.41) is 19.8. The highest BCUT2D eigenvalue weighted by molar-refractivity contribution is 6.31. The summed E-state index contributed by atoms with van der Waals surface area (Å²) in [4.78, 5) is 34.3. The van der Waals surface area contributed by atoms with Crippen LogP contribution in [0.25, 0.3) is 0 Å². The van der Waals surface area contributed by atoms with Gasteiger partial charge in [-0.15, -0.1) is 5.10 Å². The second kappa shape index (κ2) is 7.62. The standard InChI is InChI=1S/C14H14ClN5O5/c1-19-7-9(14(18-19)25-2)13(22)16-6-12(21)17-10-5-8(15)3-4-11(10)20(23)24/h3-5,7H,6H2,1-2H3,(H,16,22)(H,17,21). The Morgan fingerprint density at radius 2 is 2.16 bits per heavy atom. The van der Waals surface area contributed by atoms with Gasteiger partial charge >= 0.3 is 0 Å². The summed E-state index contributed by atoms with van der Waals surface area (Å²) in [7, 11) is 2.98. The molecule has 0 bridgehead atoms. The van der Waals surface area contributed by atoms with Crippen LogP contribution in [0.2, 0.25) is 5.02 Å². The molecule has 11 heteroatoms. The molecule has 0 atom stereocenters. The van der Waals surface area contributed by atoms with E-state index in [0.29, 0.717) is 0 Å². The van der Waals surface area contributed by atoms with Crippen molar-refractivity contribution in [3.63, 3.8) is 0 Å². The molecule has 2 N–H and O–H groups in total. The molecule has 1 aromatic carbocycles. The number of nitrogens with one attached hydrogen (secondary N) is 2. The van der Waals surface area contributed by atoms with Gasteiger partial charge < -0.3 is 15.4 Å². The molecule has 0 radical (unpaired) electrons. The molecule has 0 spiro atoms. The minimum absolute atomic E-state index is 0.0595. The predicted octanol–water partition coefficient (Wildman–Crippen LogP) is 1.36. The van der Waals surface area contributed by atoms with Gasteiger partial charge in [0.15, 0.2) is 0 Å². The SMILES string of the molecule is COc1nn(C)cc1C(=O)NCC(=O)Nc1cc(Cl)ccc1[N+](=O)[O-]. The summed E-state index contributed by atoms with van der Waals surface area (Å²) in [6.45, 7) is -0.402. The van der Waals surface area contributed by atoms with Crippen molar-refractivity contribution in [2.75, 3.05) is 19.0 Å². The lowest BCUT2D eigenvalue weighted by molar-refractivity contribution is -0.383. The number of aryl methyl sites for hydroxylation is 1. The highest BCUT2D eigenvalue weighted by atomic mass is 35.5. The molecule has 0 aliphatic heterocycles. The maximum absolute atomic E-state index is 12.1. The van der Waals surface area contributed by atoms with E-state index in [4.69, 9.17) is 16.3 Å². The minimum Gasteiger partial charge on any atom is -0.479 e. The highest BCUT2D eigenvalue weighted by Gasteiger charge is 2.19. The number of nitro benzene ring substituents is 1. The smallest absolute Gasteiger partial charge is 0.292 e. The molecule has 0 saturated carbocycles.